The van der Waals surface area contributed by atoms with Gasteiger partial charge >= 0.3 is 18.2 Å². The molecule has 1 N–H and O–H groups in total. The largest absolute Gasteiger partial charge is 0.490 e. The highest BCUT2D eigenvalue weighted by Crippen LogP contribution is 2.37. The summed E-state index contributed by atoms with van der Waals surface area (Å²) in [6, 6.07) is 4.04. The molecular formula is C18H20F3N5O5. The molecule has 2 fully saturated rings. The van der Waals surface area contributed by atoms with Crippen molar-refractivity contribution in [2.75, 3.05) is 31.7 Å². The maximum Gasteiger partial charge on any atom is 0.490 e. The van der Waals surface area contributed by atoms with Crippen molar-refractivity contribution in [2.24, 2.45) is 0 Å². The quantitative estimate of drug-likeness (QED) is 0.748. The number of aliphatic carboxylic acids is 1. The molecule has 2 aliphatic heterocycles. The molecule has 10 nitrogen and oxygen atoms in total. The fourth-order valence-electron chi connectivity index (χ4n) is 3.22. The number of aromatic nitrogens is 4. The summed E-state index contributed by atoms with van der Waals surface area (Å²) in [6.07, 6.45) is 1.55. The third-order valence-electron chi connectivity index (χ3n) is 4.62. The highest BCUT2D eigenvalue weighted by molar-refractivity contribution is 5.73. The lowest BCUT2D eigenvalue weighted by Gasteiger charge is -2.53. The first-order valence-corrected chi connectivity index (χ1v) is 9.19. The van der Waals surface area contributed by atoms with Crippen LogP contribution < -0.4 is 14.4 Å². The normalized spacial score (nSPS) is 19.6. The van der Waals surface area contributed by atoms with Crippen molar-refractivity contribution in [3.63, 3.8) is 0 Å². The number of methoxy groups -OCH3 is 1. The van der Waals surface area contributed by atoms with E-state index in [1.807, 2.05) is 6.07 Å². The summed E-state index contributed by atoms with van der Waals surface area (Å²) >= 11 is 0. The average Bonchev–Trinajstić information content (AvgIpc) is 2.72. The summed E-state index contributed by atoms with van der Waals surface area (Å²) in [6.45, 7) is 2.24. The Bertz CT molecular complexity index is 880. The highest BCUT2D eigenvalue weighted by atomic mass is 19.4. The predicted octanol–water partition coefficient (Wildman–Crippen LogP) is 1.73. The Kier molecular flexibility index (Phi) is 6.73. The molecule has 0 saturated carbocycles. The van der Waals surface area contributed by atoms with Gasteiger partial charge in [-0.15, -0.1) is 0 Å². The minimum absolute atomic E-state index is 0.0724. The molecule has 1 atom stereocenters. The Morgan fingerprint density at radius 3 is 2.55 bits per heavy atom. The number of carbonyl (C=O) groups is 1. The number of ether oxygens (including phenoxy) is 3. The topological polar surface area (TPSA) is 120 Å². The second kappa shape index (κ2) is 9.29. The molecule has 4 rings (SSSR count). The number of halogens is 3. The lowest BCUT2D eigenvalue weighted by atomic mass is 9.84. The monoisotopic (exact) mass is 443 g/mol. The number of carboxylic acids is 1. The number of hydrogen-bond donors (Lipinski definition) is 1. The van der Waals surface area contributed by atoms with Crippen LogP contribution in [0.2, 0.25) is 0 Å². The van der Waals surface area contributed by atoms with E-state index in [1.165, 1.54) is 6.33 Å². The molecule has 31 heavy (non-hydrogen) atoms. The van der Waals surface area contributed by atoms with Gasteiger partial charge in [0.2, 0.25) is 5.88 Å². The van der Waals surface area contributed by atoms with Crippen molar-refractivity contribution in [2.45, 2.75) is 30.7 Å². The molecule has 0 aliphatic carbocycles. The molecule has 2 aliphatic rings. The lowest BCUT2D eigenvalue weighted by Crippen LogP contribution is -2.66. The van der Waals surface area contributed by atoms with Crippen LogP contribution in [0.4, 0.5) is 19.0 Å². The van der Waals surface area contributed by atoms with Crippen LogP contribution in [0, 0.1) is 0 Å². The molecule has 0 bridgehead atoms. The first-order chi connectivity index (χ1) is 14.7. The predicted molar refractivity (Wildman–Crippen MR) is 98.9 cm³/mol. The summed E-state index contributed by atoms with van der Waals surface area (Å²) in [4.78, 5) is 27.7. The molecule has 2 aromatic heterocycles. The van der Waals surface area contributed by atoms with Gasteiger partial charge in [-0.1, -0.05) is 0 Å². The molecular weight excluding hydrogens is 423 g/mol. The van der Waals surface area contributed by atoms with Crippen LogP contribution in [-0.2, 0) is 9.53 Å². The molecule has 2 aromatic rings. The van der Waals surface area contributed by atoms with Crippen molar-refractivity contribution in [3.8, 4) is 11.9 Å². The van der Waals surface area contributed by atoms with E-state index in [0.29, 0.717) is 18.5 Å². The van der Waals surface area contributed by atoms with Gasteiger partial charge in [-0.25, -0.2) is 24.7 Å². The molecule has 4 heterocycles. The van der Waals surface area contributed by atoms with Gasteiger partial charge < -0.3 is 24.2 Å². The van der Waals surface area contributed by atoms with Gasteiger partial charge in [-0.2, -0.15) is 13.2 Å². The number of alkyl halides is 3. The van der Waals surface area contributed by atoms with Crippen molar-refractivity contribution in [1.82, 2.24) is 19.9 Å². The maximum absolute atomic E-state index is 10.6. The fraction of sp³-hybridized carbons (Fsp3) is 0.500. The Labute approximate surface area is 175 Å². The number of anilines is 1. The van der Waals surface area contributed by atoms with Crippen molar-refractivity contribution in [1.29, 1.82) is 0 Å². The van der Waals surface area contributed by atoms with Crippen molar-refractivity contribution < 1.29 is 37.3 Å². The molecule has 0 aromatic carbocycles. The maximum atomic E-state index is 10.6. The summed E-state index contributed by atoms with van der Waals surface area (Å²) < 4.78 is 48.8. The summed E-state index contributed by atoms with van der Waals surface area (Å²) in [5.74, 6) is -1.34. The minimum Gasteiger partial charge on any atom is -0.481 e. The van der Waals surface area contributed by atoms with E-state index >= 15 is 0 Å². The van der Waals surface area contributed by atoms with Crippen LogP contribution in [0.3, 0.4) is 0 Å². The van der Waals surface area contributed by atoms with Crippen molar-refractivity contribution in [3.05, 3.63) is 30.9 Å². The summed E-state index contributed by atoms with van der Waals surface area (Å²) in [5, 5.41) is 7.12. The van der Waals surface area contributed by atoms with Gasteiger partial charge in [0.25, 0.3) is 0 Å². The molecule has 2 saturated heterocycles. The fourth-order valence-corrected chi connectivity index (χ4v) is 3.22. The Hall–Kier alpha value is -3.22. The zero-order chi connectivity index (χ0) is 22.5. The van der Waals surface area contributed by atoms with Gasteiger partial charge in [-0.3, -0.25) is 0 Å². The molecule has 0 radical (unpaired) electrons. The van der Waals surface area contributed by atoms with Crippen LogP contribution in [0.25, 0.3) is 0 Å². The second-order valence-corrected chi connectivity index (χ2v) is 6.87. The Morgan fingerprint density at radius 2 is 1.94 bits per heavy atom. The third-order valence-corrected chi connectivity index (χ3v) is 4.62. The van der Waals surface area contributed by atoms with Gasteiger partial charge in [0.1, 0.15) is 23.9 Å². The molecule has 168 valence electrons. The molecule has 1 spiro atoms. The number of carboxylic acid groups (broad SMARTS) is 1. The van der Waals surface area contributed by atoms with Crippen molar-refractivity contribution >= 4 is 11.8 Å². The van der Waals surface area contributed by atoms with Gasteiger partial charge in [0.15, 0.2) is 0 Å². The smallest absolute Gasteiger partial charge is 0.481 e. The van der Waals surface area contributed by atoms with Crippen LogP contribution in [0.1, 0.15) is 12.8 Å². The first kappa shape index (κ1) is 22.5. The SMILES string of the molecule is COc1cc(N2CC3(CC(Oc4ncccn4)CCO3)C2)ncn1.O=C(O)C(F)(F)F. The Morgan fingerprint density at radius 1 is 1.26 bits per heavy atom. The van der Waals surface area contributed by atoms with E-state index in [2.05, 4.69) is 24.8 Å². The van der Waals surface area contributed by atoms with E-state index in [0.717, 1.165) is 31.7 Å². The molecule has 0 amide bonds. The second-order valence-electron chi connectivity index (χ2n) is 6.87. The van der Waals surface area contributed by atoms with Gasteiger partial charge in [0, 0.05) is 31.3 Å². The van der Waals surface area contributed by atoms with E-state index in [1.54, 1.807) is 25.6 Å². The number of nitrogens with zero attached hydrogens (tertiary/aromatic N) is 5. The van der Waals surface area contributed by atoms with Gasteiger partial charge in [0.05, 0.1) is 26.8 Å². The highest BCUT2D eigenvalue weighted by Gasteiger charge is 2.49. The van der Waals surface area contributed by atoms with Crippen LogP contribution in [0.15, 0.2) is 30.9 Å². The van der Waals surface area contributed by atoms with E-state index in [4.69, 9.17) is 24.1 Å². The third kappa shape index (κ3) is 5.90. The number of rotatable bonds is 4. The van der Waals surface area contributed by atoms with E-state index in [-0.39, 0.29) is 11.7 Å². The van der Waals surface area contributed by atoms with Crippen LogP contribution >= 0.6 is 0 Å². The lowest BCUT2D eigenvalue weighted by molar-refractivity contribution is -0.192. The summed E-state index contributed by atoms with van der Waals surface area (Å²) in [7, 11) is 1.60. The van der Waals surface area contributed by atoms with Crippen LogP contribution in [0.5, 0.6) is 11.9 Å². The standard InChI is InChI=1S/C16H19N5O3.C2HF3O2/c1-22-14-7-13(19-11-20-14)21-9-16(10-21)8-12(3-6-23-16)24-15-17-4-2-5-18-15;3-2(4,5)1(6)7/h2,4-5,7,11-12H,3,6,8-10H2,1H3;(H,6,7). The zero-order valence-corrected chi connectivity index (χ0v) is 16.4. The first-order valence-electron chi connectivity index (χ1n) is 9.19. The zero-order valence-electron chi connectivity index (χ0n) is 16.4. The number of hydrogen-bond acceptors (Lipinski definition) is 9. The van der Waals surface area contributed by atoms with E-state index < -0.39 is 12.1 Å². The molecule has 13 heteroatoms. The molecule has 1 unspecified atom stereocenters. The summed E-state index contributed by atoms with van der Waals surface area (Å²) in [5.41, 5.74) is -0.185. The van der Waals surface area contributed by atoms with Gasteiger partial charge in [-0.05, 0) is 6.07 Å². The van der Waals surface area contributed by atoms with Crippen LogP contribution in [-0.4, -0.2) is 75.7 Å². The Balaban J connectivity index is 0.000000339. The van der Waals surface area contributed by atoms with E-state index in [9.17, 15) is 13.2 Å². The minimum atomic E-state index is -5.08. The average molecular weight is 443 g/mol.